The predicted molar refractivity (Wildman–Crippen MR) is 112 cm³/mol. The van der Waals surface area contributed by atoms with E-state index < -0.39 is 6.10 Å². The number of anilines is 2. The van der Waals surface area contributed by atoms with Crippen LogP contribution in [-0.4, -0.2) is 31.1 Å². The maximum absolute atomic E-state index is 12.7. The van der Waals surface area contributed by atoms with Crippen LogP contribution in [0.15, 0.2) is 71.3 Å². The number of hydrogen-bond donors (Lipinski definition) is 1. The molecule has 154 valence electrons. The van der Waals surface area contributed by atoms with Gasteiger partial charge in [0.15, 0.2) is 11.9 Å². The van der Waals surface area contributed by atoms with Crippen molar-refractivity contribution in [3.8, 4) is 11.5 Å². The number of amides is 2. The second-order valence-electron chi connectivity index (χ2n) is 6.88. The molecule has 0 fully saturated rings. The molecule has 1 aliphatic heterocycles. The maximum atomic E-state index is 12.7. The van der Waals surface area contributed by atoms with Crippen molar-refractivity contribution in [3.63, 3.8) is 0 Å². The van der Waals surface area contributed by atoms with E-state index in [1.807, 2.05) is 30.3 Å². The molecule has 3 aromatic rings. The van der Waals surface area contributed by atoms with Crippen molar-refractivity contribution in [1.29, 1.82) is 0 Å². The number of ether oxygens (including phenoxy) is 2. The van der Waals surface area contributed by atoms with Gasteiger partial charge in [0.25, 0.3) is 11.8 Å². The standard InChI is InChI=1S/C23H22N2O5/c1-16-23(27)25(12-6-14-28-18-7-3-2-4-8-18)19-15-17(10-11-20(19)30-16)24-22(26)21-9-5-13-29-21/h2-5,7-11,13,15-16H,6,12,14H2,1H3,(H,24,26). The molecule has 30 heavy (non-hydrogen) atoms. The van der Waals surface area contributed by atoms with E-state index in [0.717, 1.165) is 5.75 Å². The molecule has 7 heteroatoms. The highest BCUT2D eigenvalue weighted by atomic mass is 16.5. The minimum Gasteiger partial charge on any atom is -0.494 e. The van der Waals surface area contributed by atoms with E-state index in [1.54, 1.807) is 42.2 Å². The van der Waals surface area contributed by atoms with Crippen LogP contribution in [0.3, 0.4) is 0 Å². The zero-order chi connectivity index (χ0) is 20.9. The summed E-state index contributed by atoms with van der Waals surface area (Å²) in [5.74, 6) is 1.11. The van der Waals surface area contributed by atoms with Crippen molar-refractivity contribution in [2.24, 2.45) is 0 Å². The lowest BCUT2D eigenvalue weighted by molar-refractivity contribution is -0.125. The fraction of sp³-hybridized carbons (Fsp3) is 0.217. The van der Waals surface area contributed by atoms with Gasteiger partial charge in [-0.2, -0.15) is 0 Å². The molecule has 0 bridgehead atoms. The molecule has 1 N–H and O–H groups in total. The van der Waals surface area contributed by atoms with E-state index in [0.29, 0.717) is 36.7 Å². The van der Waals surface area contributed by atoms with E-state index >= 15 is 0 Å². The number of nitrogens with one attached hydrogen (secondary N) is 1. The topological polar surface area (TPSA) is 81.0 Å². The molecule has 1 aliphatic rings. The Hall–Kier alpha value is -3.74. The zero-order valence-electron chi connectivity index (χ0n) is 16.5. The first-order valence-electron chi connectivity index (χ1n) is 9.76. The van der Waals surface area contributed by atoms with Crippen LogP contribution in [0.1, 0.15) is 23.9 Å². The van der Waals surface area contributed by atoms with E-state index in [1.165, 1.54) is 6.26 Å². The molecule has 1 aromatic heterocycles. The van der Waals surface area contributed by atoms with Gasteiger partial charge >= 0.3 is 0 Å². The summed E-state index contributed by atoms with van der Waals surface area (Å²) in [5, 5.41) is 2.78. The lowest BCUT2D eigenvalue weighted by Gasteiger charge is -2.33. The van der Waals surface area contributed by atoms with E-state index in [4.69, 9.17) is 13.9 Å². The van der Waals surface area contributed by atoms with Crippen molar-refractivity contribution in [2.45, 2.75) is 19.4 Å². The third-order valence-corrected chi connectivity index (χ3v) is 4.71. The molecule has 2 aromatic carbocycles. The smallest absolute Gasteiger partial charge is 0.291 e. The molecule has 4 rings (SSSR count). The molecule has 0 aliphatic carbocycles. The van der Waals surface area contributed by atoms with Gasteiger partial charge in [-0.3, -0.25) is 9.59 Å². The van der Waals surface area contributed by atoms with Crippen molar-refractivity contribution >= 4 is 23.2 Å². The van der Waals surface area contributed by atoms with Crippen LogP contribution < -0.4 is 19.7 Å². The second-order valence-corrected chi connectivity index (χ2v) is 6.88. The van der Waals surface area contributed by atoms with Gasteiger partial charge in [0.2, 0.25) is 0 Å². The Morgan fingerprint density at radius 3 is 2.73 bits per heavy atom. The Kier molecular flexibility index (Phi) is 5.70. The summed E-state index contributed by atoms with van der Waals surface area (Å²) in [4.78, 5) is 26.7. The average Bonchev–Trinajstić information content (AvgIpc) is 3.30. The molecule has 0 saturated carbocycles. The lowest BCUT2D eigenvalue weighted by Crippen LogP contribution is -2.45. The van der Waals surface area contributed by atoms with Gasteiger partial charge < -0.3 is 24.1 Å². The molecular formula is C23H22N2O5. The number of rotatable bonds is 7. The number of carbonyl (C=O) groups is 2. The maximum Gasteiger partial charge on any atom is 0.291 e. The summed E-state index contributed by atoms with van der Waals surface area (Å²) in [7, 11) is 0. The zero-order valence-corrected chi connectivity index (χ0v) is 16.5. The lowest BCUT2D eigenvalue weighted by atomic mass is 10.1. The Morgan fingerprint density at radius 1 is 1.13 bits per heavy atom. The number of furan rings is 1. The van der Waals surface area contributed by atoms with Gasteiger partial charge in [-0.15, -0.1) is 0 Å². The number of fused-ring (bicyclic) bond motifs is 1. The quantitative estimate of drug-likeness (QED) is 0.597. The Morgan fingerprint density at radius 2 is 1.97 bits per heavy atom. The molecular weight excluding hydrogens is 384 g/mol. The largest absolute Gasteiger partial charge is 0.494 e. The molecule has 1 atom stereocenters. The molecule has 0 spiro atoms. The predicted octanol–water partition coefficient (Wildman–Crippen LogP) is 4.11. The second kappa shape index (κ2) is 8.73. The van der Waals surface area contributed by atoms with Crippen LogP contribution in [-0.2, 0) is 4.79 Å². The summed E-state index contributed by atoms with van der Waals surface area (Å²) < 4.78 is 16.6. The molecule has 0 radical (unpaired) electrons. The Bertz CT molecular complexity index is 1020. The third-order valence-electron chi connectivity index (χ3n) is 4.71. The minimum absolute atomic E-state index is 0.128. The number of hydrogen-bond acceptors (Lipinski definition) is 5. The summed E-state index contributed by atoms with van der Waals surface area (Å²) in [6.07, 6.45) is 1.51. The monoisotopic (exact) mass is 406 g/mol. The Labute approximate surface area is 174 Å². The van der Waals surface area contributed by atoms with Crippen molar-refractivity contribution in [1.82, 2.24) is 0 Å². The number of benzene rings is 2. The first-order valence-corrected chi connectivity index (χ1v) is 9.76. The number of carbonyl (C=O) groups excluding carboxylic acids is 2. The van der Waals surface area contributed by atoms with Crippen LogP contribution in [0.25, 0.3) is 0 Å². The van der Waals surface area contributed by atoms with Crippen LogP contribution >= 0.6 is 0 Å². The molecule has 2 amide bonds. The molecule has 2 heterocycles. The van der Waals surface area contributed by atoms with Crippen LogP contribution in [0.5, 0.6) is 11.5 Å². The van der Waals surface area contributed by atoms with Gasteiger partial charge in [-0.05, 0) is 55.8 Å². The van der Waals surface area contributed by atoms with Crippen molar-refractivity contribution < 1.29 is 23.5 Å². The number of para-hydroxylation sites is 1. The van der Waals surface area contributed by atoms with Crippen molar-refractivity contribution in [3.05, 3.63) is 72.7 Å². The minimum atomic E-state index is -0.573. The van der Waals surface area contributed by atoms with Gasteiger partial charge in [0, 0.05) is 12.2 Å². The normalized spacial score (nSPS) is 15.3. The average molecular weight is 406 g/mol. The fourth-order valence-electron chi connectivity index (χ4n) is 3.25. The van der Waals surface area contributed by atoms with Gasteiger partial charge in [-0.25, -0.2) is 0 Å². The summed E-state index contributed by atoms with van der Waals surface area (Å²) in [5.41, 5.74) is 1.17. The highest BCUT2D eigenvalue weighted by molar-refractivity contribution is 6.04. The summed E-state index contributed by atoms with van der Waals surface area (Å²) in [6.45, 7) is 2.68. The highest BCUT2D eigenvalue weighted by Gasteiger charge is 2.31. The van der Waals surface area contributed by atoms with Crippen molar-refractivity contribution in [2.75, 3.05) is 23.4 Å². The molecule has 1 unspecified atom stereocenters. The van der Waals surface area contributed by atoms with Gasteiger partial charge in [0.05, 0.1) is 18.6 Å². The van der Waals surface area contributed by atoms with Gasteiger partial charge in [-0.1, -0.05) is 18.2 Å². The van der Waals surface area contributed by atoms with Gasteiger partial charge in [0.1, 0.15) is 11.5 Å². The van der Waals surface area contributed by atoms with Crippen LogP contribution in [0, 0.1) is 0 Å². The van der Waals surface area contributed by atoms with Crippen LogP contribution in [0.2, 0.25) is 0 Å². The molecule has 7 nitrogen and oxygen atoms in total. The summed E-state index contributed by atoms with van der Waals surface area (Å²) in [6, 6.07) is 18.0. The highest BCUT2D eigenvalue weighted by Crippen LogP contribution is 2.36. The summed E-state index contributed by atoms with van der Waals surface area (Å²) >= 11 is 0. The number of nitrogens with zero attached hydrogens (tertiary/aromatic N) is 1. The van der Waals surface area contributed by atoms with E-state index in [9.17, 15) is 9.59 Å². The first-order chi connectivity index (χ1) is 14.6. The SMILES string of the molecule is CC1Oc2ccc(NC(=O)c3ccco3)cc2N(CCCOc2ccccc2)C1=O. The first kappa shape index (κ1) is 19.6. The van der Waals surface area contributed by atoms with Crippen LogP contribution in [0.4, 0.5) is 11.4 Å². The third kappa shape index (κ3) is 4.30. The van der Waals surface area contributed by atoms with E-state index in [2.05, 4.69) is 5.32 Å². The van der Waals surface area contributed by atoms with E-state index in [-0.39, 0.29) is 17.6 Å². The fourth-order valence-corrected chi connectivity index (χ4v) is 3.25. The molecule has 0 saturated heterocycles. The Balaban J connectivity index is 1.45.